The molecule has 1 aromatic rings. The molecule has 22 heavy (non-hydrogen) atoms. The smallest absolute Gasteiger partial charge is 0.244 e. The molecule has 4 nitrogen and oxygen atoms in total. The van der Waals surface area contributed by atoms with Crippen LogP contribution in [0.1, 0.15) is 12.0 Å². The number of hydrogen-bond donors (Lipinski definition) is 1. The van der Waals surface area contributed by atoms with Gasteiger partial charge in [0.05, 0.1) is 13.2 Å². The maximum absolute atomic E-state index is 13.5. The molecule has 1 N–H and O–H groups in total. The molecule has 0 bridgehead atoms. The highest BCUT2D eigenvalue weighted by atomic mass is 79.9. The number of benzene rings is 1. The second-order valence-electron chi connectivity index (χ2n) is 5.10. The zero-order valence-electron chi connectivity index (χ0n) is 12.4. The van der Waals surface area contributed by atoms with Crippen LogP contribution in [0.2, 0.25) is 0 Å². The third-order valence-electron chi connectivity index (χ3n) is 3.43. The van der Waals surface area contributed by atoms with Crippen LogP contribution in [0.25, 0.3) is 6.08 Å². The number of rotatable bonds is 6. The molecular weight excluding hydrogens is 351 g/mol. The Morgan fingerprint density at radius 1 is 1.41 bits per heavy atom. The van der Waals surface area contributed by atoms with Gasteiger partial charge in [0.1, 0.15) is 5.82 Å². The summed E-state index contributed by atoms with van der Waals surface area (Å²) in [7, 11) is 0. The summed E-state index contributed by atoms with van der Waals surface area (Å²) >= 11 is 3.28. The van der Waals surface area contributed by atoms with E-state index >= 15 is 0 Å². The van der Waals surface area contributed by atoms with Gasteiger partial charge < -0.3 is 10.1 Å². The Morgan fingerprint density at radius 3 is 2.95 bits per heavy atom. The fourth-order valence-corrected chi connectivity index (χ4v) is 2.58. The van der Waals surface area contributed by atoms with Gasteiger partial charge in [0.25, 0.3) is 0 Å². The summed E-state index contributed by atoms with van der Waals surface area (Å²) in [6.07, 6.45) is 3.74. The van der Waals surface area contributed by atoms with Gasteiger partial charge in [-0.25, -0.2) is 4.39 Å². The summed E-state index contributed by atoms with van der Waals surface area (Å²) < 4.78 is 19.6. The van der Waals surface area contributed by atoms with E-state index in [1.54, 1.807) is 12.1 Å². The highest BCUT2D eigenvalue weighted by molar-refractivity contribution is 9.10. The maximum atomic E-state index is 13.5. The van der Waals surface area contributed by atoms with Gasteiger partial charge in [0.15, 0.2) is 0 Å². The first-order valence-electron chi connectivity index (χ1n) is 7.36. The van der Waals surface area contributed by atoms with Crippen LogP contribution in [0.3, 0.4) is 0 Å². The number of ether oxygens (including phenoxy) is 1. The molecule has 2 rings (SSSR count). The van der Waals surface area contributed by atoms with E-state index in [1.807, 2.05) is 0 Å². The lowest BCUT2D eigenvalue weighted by Gasteiger charge is -2.26. The largest absolute Gasteiger partial charge is 0.379 e. The Balaban J connectivity index is 1.68. The van der Waals surface area contributed by atoms with E-state index < -0.39 is 0 Å². The standard InChI is InChI=1S/C16H20BrFN2O2/c17-14-3-4-15(18)13(12-14)2-5-16(21)19-6-1-7-20-8-10-22-11-9-20/h2-5,12H,1,6-11H2,(H,19,21). The van der Waals surface area contributed by atoms with Gasteiger partial charge in [-0.2, -0.15) is 0 Å². The number of halogens is 2. The van der Waals surface area contributed by atoms with E-state index in [0.717, 1.165) is 43.7 Å². The van der Waals surface area contributed by atoms with Crippen LogP contribution in [-0.4, -0.2) is 50.2 Å². The van der Waals surface area contributed by atoms with Gasteiger partial charge in [0, 0.05) is 35.7 Å². The maximum Gasteiger partial charge on any atom is 0.244 e. The molecule has 0 spiro atoms. The topological polar surface area (TPSA) is 41.6 Å². The molecule has 1 fully saturated rings. The summed E-state index contributed by atoms with van der Waals surface area (Å²) in [5, 5.41) is 2.81. The molecule has 0 unspecified atom stereocenters. The molecule has 0 saturated carbocycles. The van der Waals surface area contributed by atoms with Crippen molar-refractivity contribution in [3.05, 3.63) is 40.1 Å². The van der Waals surface area contributed by atoms with Gasteiger partial charge >= 0.3 is 0 Å². The van der Waals surface area contributed by atoms with Gasteiger partial charge in [-0.3, -0.25) is 9.69 Å². The molecule has 1 aliphatic heterocycles. The Bertz CT molecular complexity index is 531. The second-order valence-corrected chi connectivity index (χ2v) is 6.01. The average molecular weight is 371 g/mol. The Labute approximate surface area is 138 Å². The normalized spacial score (nSPS) is 16.1. The van der Waals surface area contributed by atoms with Crippen molar-refractivity contribution < 1.29 is 13.9 Å². The van der Waals surface area contributed by atoms with E-state index in [1.165, 1.54) is 18.2 Å². The molecule has 1 amide bonds. The summed E-state index contributed by atoms with van der Waals surface area (Å²) in [4.78, 5) is 14.0. The zero-order valence-corrected chi connectivity index (χ0v) is 13.9. The Kier molecular flexibility index (Phi) is 7.02. The fraction of sp³-hybridized carbons (Fsp3) is 0.438. The number of carbonyl (C=O) groups excluding carboxylic acids is 1. The van der Waals surface area contributed by atoms with E-state index in [4.69, 9.17) is 4.74 Å². The highest BCUT2D eigenvalue weighted by Gasteiger charge is 2.09. The summed E-state index contributed by atoms with van der Waals surface area (Å²) in [5.74, 6) is -0.555. The summed E-state index contributed by atoms with van der Waals surface area (Å²) in [6, 6.07) is 4.62. The number of nitrogens with one attached hydrogen (secondary N) is 1. The fourth-order valence-electron chi connectivity index (χ4n) is 2.21. The molecule has 1 aromatic carbocycles. The lowest BCUT2D eigenvalue weighted by atomic mass is 10.2. The second kappa shape index (κ2) is 9.02. The molecule has 0 atom stereocenters. The Morgan fingerprint density at radius 2 is 2.18 bits per heavy atom. The highest BCUT2D eigenvalue weighted by Crippen LogP contribution is 2.16. The predicted octanol–water partition coefficient (Wildman–Crippen LogP) is 2.44. The third-order valence-corrected chi connectivity index (χ3v) is 3.92. The first-order chi connectivity index (χ1) is 10.6. The van der Waals surface area contributed by atoms with E-state index in [0.29, 0.717) is 12.1 Å². The minimum atomic E-state index is -0.348. The lowest BCUT2D eigenvalue weighted by Crippen LogP contribution is -2.38. The van der Waals surface area contributed by atoms with Crippen LogP contribution in [0, 0.1) is 5.82 Å². The van der Waals surface area contributed by atoms with E-state index in [2.05, 4.69) is 26.1 Å². The molecule has 6 heteroatoms. The van der Waals surface area contributed by atoms with Gasteiger partial charge in [-0.1, -0.05) is 15.9 Å². The van der Waals surface area contributed by atoms with Gasteiger partial charge in [0.2, 0.25) is 5.91 Å². The SMILES string of the molecule is O=C(C=Cc1cc(Br)ccc1F)NCCCN1CCOCC1. The first-order valence-corrected chi connectivity index (χ1v) is 8.15. The minimum Gasteiger partial charge on any atom is -0.379 e. The van der Waals surface area contributed by atoms with Crippen molar-refractivity contribution in [3.8, 4) is 0 Å². The molecule has 0 radical (unpaired) electrons. The average Bonchev–Trinajstić information content (AvgIpc) is 2.53. The van der Waals surface area contributed by atoms with Crippen LogP contribution in [0.15, 0.2) is 28.7 Å². The number of morpholine rings is 1. The van der Waals surface area contributed by atoms with E-state index in [-0.39, 0.29) is 11.7 Å². The molecule has 1 aliphatic rings. The summed E-state index contributed by atoms with van der Waals surface area (Å²) in [5.41, 5.74) is 0.387. The van der Waals surface area contributed by atoms with Crippen molar-refractivity contribution in [1.82, 2.24) is 10.2 Å². The van der Waals surface area contributed by atoms with Crippen LogP contribution < -0.4 is 5.32 Å². The Hall–Kier alpha value is -1.24. The number of amides is 1. The molecular formula is C16H20BrFN2O2. The molecule has 0 aromatic heterocycles. The van der Waals surface area contributed by atoms with Crippen molar-refractivity contribution >= 4 is 27.9 Å². The van der Waals surface area contributed by atoms with Crippen molar-refractivity contribution in [2.75, 3.05) is 39.4 Å². The molecule has 120 valence electrons. The number of hydrogen-bond acceptors (Lipinski definition) is 3. The van der Waals surface area contributed by atoms with Crippen molar-refractivity contribution in [2.24, 2.45) is 0 Å². The quantitative estimate of drug-likeness (QED) is 0.617. The zero-order chi connectivity index (χ0) is 15.8. The molecule has 1 saturated heterocycles. The number of carbonyl (C=O) groups is 1. The van der Waals surface area contributed by atoms with Crippen molar-refractivity contribution in [3.63, 3.8) is 0 Å². The minimum absolute atomic E-state index is 0.207. The van der Waals surface area contributed by atoms with Gasteiger partial charge in [-0.15, -0.1) is 0 Å². The van der Waals surface area contributed by atoms with Gasteiger partial charge in [-0.05, 0) is 37.2 Å². The van der Waals surface area contributed by atoms with E-state index in [9.17, 15) is 9.18 Å². The number of nitrogens with zero attached hydrogens (tertiary/aromatic N) is 1. The van der Waals surface area contributed by atoms with Crippen LogP contribution >= 0.6 is 15.9 Å². The monoisotopic (exact) mass is 370 g/mol. The van der Waals surface area contributed by atoms with Crippen LogP contribution in [0.5, 0.6) is 0 Å². The molecule has 1 heterocycles. The summed E-state index contributed by atoms with van der Waals surface area (Å²) in [6.45, 7) is 5.04. The third kappa shape index (κ3) is 5.87. The first kappa shape index (κ1) is 17.1. The van der Waals surface area contributed by atoms with Crippen molar-refractivity contribution in [1.29, 1.82) is 0 Å². The predicted molar refractivity (Wildman–Crippen MR) is 88.0 cm³/mol. The van der Waals surface area contributed by atoms with Crippen LogP contribution in [0.4, 0.5) is 4.39 Å². The van der Waals surface area contributed by atoms with Crippen LogP contribution in [-0.2, 0) is 9.53 Å². The van der Waals surface area contributed by atoms with Crippen molar-refractivity contribution in [2.45, 2.75) is 6.42 Å². The molecule has 0 aliphatic carbocycles. The lowest BCUT2D eigenvalue weighted by molar-refractivity contribution is -0.116.